The Kier molecular flexibility index (Phi) is 5.20. The first kappa shape index (κ1) is 19.0. The van der Waals surface area contributed by atoms with Crippen molar-refractivity contribution in [2.24, 2.45) is 5.73 Å². The normalized spacial score (nSPS) is 10.7. The number of nitrogens with one attached hydrogen (secondary N) is 1. The molecule has 3 aromatic carbocycles. The van der Waals surface area contributed by atoms with E-state index in [0.29, 0.717) is 27.8 Å². The van der Waals surface area contributed by atoms with E-state index < -0.39 is 0 Å². The van der Waals surface area contributed by atoms with Crippen LogP contribution in [0.4, 0.5) is 5.69 Å². The Morgan fingerprint density at radius 3 is 2.48 bits per heavy atom. The molecule has 0 aliphatic rings. The average molecular weight is 423 g/mol. The van der Waals surface area contributed by atoms with E-state index >= 15 is 0 Å². The van der Waals surface area contributed by atoms with Crippen molar-refractivity contribution in [3.8, 4) is 11.5 Å². The van der Waals surface area contributed by atoms with E-state index in [1.807, 2.05) is 18.2 Å². The molecule has 1 aromatic heterocycles. The lowest BCUT2D eigenvalue weighted by Gasteiger charge is -2.15. The number of carbonyl (C=O) groups excluding carboxylic acids is 1. The number of anilines is 1. The maximum atomic E-state index is 13.4. The molecule has 144 valence electrons. The molecular formula is C22H15ClN2O3S. The van der Waals surface area contributed by atoms with Gasteiger partial charge in [0, 0.05) is 5.39 Å². The van der Waals surface area contributed by atoms with Crippen LogP contribution >= 0.6 is 23.8 Å². The highest BCUT2D eigenvalue weighted by Gasteiger charge is 2.23. The van der Waals surface area contributed by atoms with E-state index in [1.165, 1.54) is 0 Å². The van der Waals surface area contributed by atoms with Gasteiger partial charge >= 0.3 is 0 Å². The number of nitrogens with two attached hydrogens (primary N) is 1. The van der Waals surface area contributed by atoms with Crippen molar-refractivity contribution in [3.63, 3.8) is 0 Å². The molecule has 3 N–H and O–H groups in total. The number of benzene rings is 3. The lowest BCUT2D eigenvalue weighted by Crippen LogP contribution is -2.21. The number of ketones is 1. The van der Waals surface area contributed by atoms with Crippen molar-refractivity contribution >= 4 is 51.4 Å². The third-order valence-electron chi connectivity index (χ3n) is 4.22. The van der Waals surface area contributed by atoms with Crippen LogP contribution in [0.2, 0.25) is 5.02 Å². The first-order chi connectivity index (χ1) is 14.0. The molecule has 29 heavy (non-hydrogen) atoms. The number of hydrogen-bond acceptors (Lipinski definition) is 4. The fraction of sp³-hybridized carbons (Fsp3) is 0. The van der Waals surface area contributed by atoms with Crippen LogP contribution < -0.4 is 15.8 Å². The molecule has 0 aliphatic carbocycles. The van der Waals surface area contributed by atoms with Crippen molar-refractivity contribution in [1.29, 1.82) is 0 Å². The highest BCUT2D eigenvalue weighted by molar-refractivity contribution is 7.80. The van der Waals surface area contributed by atoms with Gasteiger partial charge in [-0.15, -0.1) is 0 Å². The molecule has 0 saturated carbocycles. The first-order valence-electron chi connectivity index (χ1n) is 8.68. The zero-order chi connectivity index (χ0) is 20.4. The Hall–Kier alpha value is -3.35. The van der Waals surface area contributed by atoms with Crippen molar-refractivity contribution < 1.29 is 13.9 Å². The number of ether oxygens (including phenoxy) is 1. The third kappa shape index (κ3) is 3.94. The molecular weight excluding hydrogens is 408 g/mol. The van der Waals surface area contributed by atoms with Gasteiger partial charge in [-0.2, -0.15) is 0 Å². The van der Waals surface area contributed by atoms with Gasteiger partial charge in [0.1, 0.15) is 17.1 Å². The fourth-order valence-corrected chi connectivity index (χ4v) is 3.23. The molecule has 0 saturated heterocycles. The molecule has 0 amide bonds. The van der Waals surface area contributed by atoms with Gasteiger partial charge in [-0.3, -0.25) is 4.79 Å². The van der Waals surface area contributed by atoms with E-state index in [2.05, 4.69) is 5.32 Å². The molecule has 1 heterocycles. The maximum Gasteiger partial charge on any atom is 0.234 e. The molecule has 7 heteroatoms. The van der Waals surface area contributed by atoms with Crippen molar-refractivity contribution in [2.45, 2.75) is 0 Å². The molecule has 0 spiro atoms. The summed E-state index contributed by atoms with van der Waals surface area (Å²) in [6.45, 7) is 0. The van der Waals surface area contributed by atoms with Crippen molar-refractivity contribution in [2.75, 3.05) is 5.32 Å². The Morgan fingerprint density at radius 1 is 1.00 bits per heavy atom. The lowest BCUT2D eigenvalue weighted by atomic mass is 10.0. The van der Waals surface area contributed by atoms with E-state index in [0.717, 1.165) is 5.39 Å². The van der Waals surface area contributed by atoms with Crippen LogP contribution in [-0.2, 0) is 0 Å². The van der Waals surface area contributed by atoms with Crippen molar-refractivity contribution in [1.82, 2.24) is 0 Å². The first-order valence-corrected chi connectivity index (χ1v) is 9.46. The SMILES string of the molecule is NC(=S)Nc1cccc(Oc2ccccc2Cl)c1C(=O)c1cc2ccccc2o1. The number of halogens is 1. The topological polar surface area (TPSA) is 77.5 Å². The molecule has 0 aliphatic heterocycles. The van der Waals surface area contributed by atoms with Gasteiger partial charge < -0.3 is 20.2 Å². The predicted molar refractivity (Wildman–Crippen MR) is 118 cm³/mol. The van der Waals surface area contributed by atoms with Gasteiger partial charge in [0.15, 0.2) is 10.9 Å². The Balaban J connectivity index is 1.83. The molecule has 0 unspecified atom stereocenters. The zero-order valence-corrected chi connectivity index (χ0v) is 16.6. The van der Waals surface area contributed by atoms with E-state index in [4.69, 9.17) is 38.7 Å². The van der Waals surface area contributed by atoms with Gasteiger partial charge in [0.05, 0.1) is 16.3 Å². The number of thiocarbonyl (C=S) groups is 1. The highest BCUT2D eigenvalue weighted by atomic mass is 35.5. The summed E-state index contributed by atoms with van der Waals surface area (Å²) in [5.74, 6) is 0.514. The summed E-state index contributed by atoms with van der Waals surface area (Å²) in [6, 6.07) is 21.2. The summed E-state index contributed by atoms with van der Waals surface area (Å²) in [6.07, 6.45) is 0. The van der Waals surface area contributed by atoms with Gasteiger partial charge in [-0.05, 0) is 48.6 Å². The number of furan rings is 1. The van der Waals surface area contributed by atoms with Crippen LogP contribution in [0.15, 0.2) is 77.2 Å². The van der Waals surface area contributed by atoms with Gasteiger partial charge in [0.25, 0.3) is 0 Å². The molecule has 5 nitrogen and oxygen atoms in total. The molecule has 4 aromatic rings. The second kappa shape index (κ2) is 7.95. The molecule has 0 fully saturated rings. The quantitative estimate of drug-likeness (QED) is 0.314. The van der Waals surface area contributed by atoms with E-state index in [9.17, 15) is 4.79 Å². The third-order valence-corrected chi connectivity index (χ3v) is 4.63. The van der Waals surface area contributed by atoms with E-state index in [1.54, 1.807) is 54.6 Å². The summed E-state index contributed by atoms with van der Waals surface area (Å²) < 4.78 is 11.7. The minimum absolute atomic E-state index is 0.0264. The molecule has 0 radical (unpaired) electrons. The molecule has 0 bridgehead atoms. The van der Waals surface area contributed by atoms with Gasteiger partial charge in [0.2, 0.25) is 5.78 Å². The zero-order valence-electron chi connectivity index (χ0n) is 15.0. The van der Waals surface area contributed by atoms with Crippen LogP contribution in [0.3, 0.4) is 0 Å². The van der Waals surface area contributed by atoms with E-state index in [-0.39, 0.29) is 22.2 Å². The van der Waals surface area contributed by atoms with Gasteiger partial charge in [-0.1, -0.05) is 48.0 Å². The van der Waals surface area contributed by atoms with Crippen LogP contribution in [0, 0.1) is 0 Å². The van der Waals surface area contributed by atoms with Crippen molar-refractivity contribution in [3.05, 3.63) is 89.1 Å². The summed E-state index contributed by atoms with van der Waals surface area (Å²) in [4.78, 5) is 13.4. The summed E-state index contributed by atoms with van der Waals surface area (Å²) in [5, 5.41) is 4.10. The second-order valence-corrected chi connectivity index (χ2v) is 7.03. The molecule has 0 atom stereocenters. The largest absolute Gasteiger partial charge is 0.455 e. The van der Waals surface area contributed by atoms with Crippen LogP contribution in [0.5, 0.6) is 11.5 Å². The Bertz CT molecular complexity index is 1200. The minimum Gasteiger partial charge on any atom is -0.455 e. The Morgan fingerprint density at radius 2 is 1.72 bits per heavy atom. The number of fused-ring (bicyclic) bond motifs is 1. The predicted octanol–water partition coefficient (Wildman–Crippen LogP) is 5.77. The van der Waals surface area contributed by atoms with Crippen LogP contribution in [0.1, 0.15) is 16.1 Å². The number of rotatable bonds is 5. The highest BCUT2D eigenvalue weighted by Crippen LogP contribution is 2.36. The summed E-state index contributed by atoms with van der Waals surface area (Å²) >= 11 is 11.2. The standard InChI is InChI=1S/C22H15ClN2O3S/c23-14-7-2-4-10-17(14)28-18-11-5-8-15(25-22(24)29)20(18)21(26)19-12-13-6-1-3-9-16(13)27-19/h1-12H,(H3,24,25,29). The minimum atomic E-state index is -0.373. The lowest BCUT2D eigenvalue weighted by molar-refractivity contribution is 0.101. The average Bonchev–Trinajstić information content (AvgIpc) is 3.13. The monoisotopic (exact) mass is 422 g/mol. The summed E-state index contributed by atoms with van der Waals surface area (Å²) in [5.41, 5.74) is 6.90. The number of hydrogen-bond donors (Lipinski definition) is 2. The fourth-order valence-electron chi connectivity index (χ4n) is 2.95. The summed E-state index contributed by atoms with van der Waals surface area (Å²) in [7, 11) is 0. The smallest absolute Gasteiger partial charge is 0.234 e. The van der Waals surface area contributed by atoms with Crippen LogP contribution in [-0.4, -0.2) is 10.9 Å². The maximum absolute atomic E-state index is 13.4. The molecule has 4 rings (SSSR count). The van der Waals surface area contributed by atoms with Crippen LogP contribution in [0.25, 0.3) is 11.0 Å². The Labute approximate surface area is 177 Å². The number of carbonyl (C=O) groups is 1. The number of para-hydroxylation sites is 2. The van der Waals surface area contributed by atoms with Gasteiger partial charge in [-0.25, -0.2) is 0 Å². The second-order valence-electron chi connectivity index (χ2n) is 6.18.